The zero-order valence-electron chi connectivity index (χ0n) is 9.77. The Kier molecular flexibility index (Phi) is 2.97. The summed E-state index contributed by atoms with van der Waals surface area (Å²) >= 11 is 0. The van der Waals surface area contributed by atoms with E-state index < -0.39 is 5.72 Å². The third-order valence-corrected chi connectivity index (χ3v) is 3.09. The van der Waals surface area contributed by atoms with E-state index in [4.69, 9.17) is 4.74 Å². The molecule has 0 saturated carbocycles. The molecule has 0 aromatic heterocycles. The Morgan fingerprint density at radius 1 is 1.44 bits per heavy atom. The Bertz CT molecular complexity index is 377. The Morgan fingerprint density at radius 2 is 2.12 bits per heavy atom. The summed E-state index contributed by atoms with van der Waals surface area (Å²) in [5, 5.41) is 0. The smallest absolute Gasteiger partial charge is 0.304 e. The summed E-state index contributed by atoms with van der Waals surface area (Å²) in [6, 6.07) is 10.2. The molecule has 0 radical (unpaired) electrons. The standard InChI is InChI=1S/C13H17NO2/c1-11(15)16-13(2)8-9-14(13)10-12-6-4-3-5-7-12/h3-7H,8-10H2,1-2H3/t13-/m1/s1. The number of nitrogens with zero attached hydrogens (tertiary/aromatic N) is 1. The number of rotatable bonds is 3. The molecule has 1 atom stereocenters. The van der Waals surface area contributed by atoms with Crippen LogP contribution in [0.25, 0.3) is 0 Å². The van der Waals surface area contributed by atoms with Crippen LogP contribution in [0.1, 0.15) is 25.8 Å². The first-order chi connectivity index (χ1) is 7.60. The van der Waals surface area contributed by atoms with E-state index in [-0.39, 0.29) is 5.97 Å². The van der Waals surface area contributed by atoms with Crippen molar-refractivity contribution in [3.63, 3.8) is 0 Å². The van der Waals surface area contributed by atoms with Gasteiger partial charge in [0.15, 0.2) is 5.72 Å². The van der Waals surface area contributed by atoms with E-state index in [1.165, 1.54) is 12.5 Å². The summed E-state index contributed by atoms with van der Waals surface area (Å²) in [5.41, 5.74) is 0.849. The topological polar surface area (TPSA) is 29.5 Å². The highest BCUT2D eigenvalue weighted by Gasteiger charge is 2.43. The van der Waals surface area contributed by atoms with Crippen LogP contribution in [0, 0.1) is 0 Å². The predicted molar refractivity (Wildman–Crippen MR) is 61.6 cm³/mol. The lowest BCUT2D eigenvalue weighted by Gasteiger charge is -2.49. The molecule has 1 aliphatic rings. The van der Waals surface area contributed by atoms with E-state index >= 15 is 0 Å². The van der Waals surface area contributed by atoms with Gasteiger partial charge in [0.25, 0.3) is 0 Å². The number of hydrogen-bond donors (Lipinski definition) is 0. The molecule has 0 aliphatic carbocycles. The number of carbonyl (C=O) groups excluding carboxylic acids is 1. The molecule has 0 N–H and O–H groups in total. The monoisotopic (exact) mass is 219 g/mol. The zero-order valence-corrected chi connectivity index (χ0v) is 9.77. The zero-order chi connectivity index (χ0) is 11.6. The molecule has 1 aromatic rings. The van der Waals surface area contributed by atoms with Gasteiger partial charge < -0.3 is 4.74 Å². The largest absolute Gasteiger partial charge is 0.444 e. The average Bonchev–Trinajstić information content (AvgIpc) is 2.25. The second kappa shape index (κ2) is 4.26. The molecule has 0 unspecified atom stereocenters. The maximum atomic E-state index is 11.0. The van der Waals surface area contributed by atoms with E-state index in [2.05, 4.69) is 17.0 Å². The molecular weight excluding hydrogens is 202 g/mol. The van der Waals surface area contributed by atoms with Gasteiger partial charge in [-0.25, -0.2) is 0 Å². The van der Waals surface area contributed by atoms with Gasteiger partial charge in [0, 0.05) is 26.4 Å². The molecule has 1 aromatic carbocycles. The molecule has 1 saturated heterocycles. The average molecular weight is 219 g/mol. The fourth-order valence-electron chi connectivity index (χ4n) is 2.06. The summed E-state index contributed by atoms with van der Waals surface area (Å²) in [7, 11) is 0. The van der Waals surface area contributed by atoms with Crippen molar-refractivity contribution in [2.75, 3.05) is 6.54 Å². The van der Waals surface area contributed by atoms with Gasteiger partial charge in [0.05, 0.1) is 0 Å². The van der Waals surface area contributed by atoms with Crippen molar-refractivity contribution >= 4 is 5.97 Å². The summed E-state index contributed by atoms with van der Waals surface area (Å²) in [6.07, 6.45) is 0.916. The van der Waals surface area contributed by atoms with Crippen LogP contribution in [0.2, 0.25) is 0 Å². The van der Waals surface area contributed by atoms with Gasteiger partial charge in [0.2, 0.25) is 0 Å². The van der Waals surface area contributed by atoms with E-state index in [1.54, 1.807) is 0 Å². The number of carbonyl (C=O) groups is 1. The Morgan fingerprint density at radius 3 is 2.62 bits per heavy atom. The van der Waals surface area contributed by atoms with E-state index in [0.29, 0.717) is 0 Å². The second-order valence-electron chi connectivity index (χ2n) is 4.43. The van der Waals surface area contributed by atoms with Crippen molar-refractivity contribution in [3.05, 3.63) is 35.9 Å². The highest BCUT2D eigenvalue weighted by molar-refractivity contribution is 5.66. The maximum absolute atomic E-state index is 11.0. The second-order valence-corrected chi connectivity index (χ2v) is 4.43. The summed E-state index contributed by atoms with van der Waals surface area (Å²) in [5.74, 6) is -0.208. The Hall–Kier alpha value is -1.35. The number of ether oxygens (including phenoxy) is 1. The number of hydrogen-bond acceptors (Lipinski definition) is 3. The van der Waals surface area contributed by atoms with Crippen LogP contribution in [0.3, 0.4) is 0 Å². The highest BCUT2D eigenvalue weighted by Crippen LogP contribution is 2.32. The predicted octanol–water partition coefficient (Wildman–Crippen LogP) is 2.17. The van der Waals surface area contributed by atoms with Gasteiger partial charge in [-0.1, -0.05) is 30.3 Å². The number of esters is 1. The molecule has 3 nitrogen and oxygen atoms in total. The van der Waals surface area contributed by atoms with Gasteiger partial charge in [-0.3, -0.25) is 9.69 Å². The van der Waals surface area contributed by atoms with Crippen LogP contribution in [-0.2, 0) is 16.1 Å². The van der Waals surface area contributed by atoms with Crippen molar-refractivity contribution < 1.29 is 9.53 Å². The summed E-state index contributed by atoms with van der Waals surface area (Å²) in [4.78, 5) is 13.2. The molecule has 1 heterocycles. The van der Waals surface area contributed by atoms with Crippen LogP contribution in [0.4, 0.5) is 0 Å². The molecular formula is C13H17NO2. The maximum Gasteiger partial charge on any atom is 0.304 e. The molecule has 1 fully saturated rings. The van der Waals surface area contributed by atoms with Gasteiger partial charge in [0.1, 0.15) is 0 Å². The highest BCUT2D eigenvalue weighted by atomic mass is 16.6. The first-order valence-electron chi connectivity index (χ1n) is 5.59. The third-order valence-electron chi connectivity index (χ3n) is 3.09. The van der Waals surface area contributed by atoms with E-state index in [0.717, 1.165) is 19.5 Å². The molecule has 0 bridgehead atoms. The van der Waals surface area contributed by atoms with Crippen LogP contribution >= 0.6 is 0 Å². The molecule has 16 heavy (non-hydrogen) atoms. The first kappa shape index (κ1) is 11.1. The minimum absolute atomic E-state index is 0.208. The van der Waals surface area contributed by atoms with Gasteiger partial charge in [-0.15, -0.1) is 0 Å². The van der Waals surface area contributed by atoms with Crippen LogP contribution in [0.5, 0.6) is 0 Å². The lowest BCUT2D eigenvalue weighted by molar-refractivity contribution is -0.211. The van der Waals surface area contributed by atoms with E-state index in [1.807, 2.05) is 25.1 Å². The van der Waals surface area contributed by atoms with Crippen LogP contribution in [0.15, 0.2) is 30.3 Å². The van der Waals surface area contributed by atoms with Crippen molar-refractivity contribution in [1.29, 1.82) is 0 Å². The fourth-order valence-corrected chi connectivity index (χ4v) is 2.06. The molecule has 86 valence electrons. The first-order valence-corrected chi connectivity index (χ1v) is 5.59. The Balaban J connectivity index is 1.99. The molecule has 2 rings (SSSR count). The number of benzene rings is 1. The summed E-state index contributed by atoms with van der Waals surface area (Å²) < 4.78 is 5.35. The normalized spacial score (nSPS) is 24.9. The summed E-state index contributed by atoms with van der Waals surface area (Å²) in [6.45, 7) is 5.26. The van der Waals surface area contributed by atoms with Gasteiger partial charge in [-0.2, -0.15) is 0 Å². The van der Waals surface area contributed by atoms with Crippen molar-refractivity contribution in [1.82, 2.24) is 4.90 Å². The quantitative estimate of drug-likeness (QED) is 0.730. The lowest BCUT2D eigenvalue weighted by atomic mass is 9.98. The van der Waals surface area contributed by atoms with E-state index in [9.17, 15) is 4.79 Å². The van der Waals surface area contributed by atoms with Gasteiger partial charge >= 0.3 is 5.97 Å². The lowest BCUT2D eigenvalue weighted by Crippen LogP contribution is -2.59. The SMILES string of the molecule is CC(=O)O[C@]1(C)CCN1Cc1ccccc1. The van der Waals surface area contributed by atoms with Crippen LogP contribution in [-0.4, -0.2) is 23.1 Å². The van der Waals surface area contributed by atoms with Crippen molar-refractivity contribution in [3.8, 4) is 0 Å². The third kappa shape index (κ3) is 2.25. The molecule has 3 heteroatoms. The molecule has 0 amide bonds. The van der Waals surface area contributed by atoms with Crippen molar-refractivity contribution in [2.45, 2.75) is 32.5 Å². The van der Waals surface area contributed by atoms with Gasteiger partial charge in [-0.05, 0) is 12.5 Å². The van der Waals surface area contributed by atoms with Crippen LogP contribution < -0.4 is 0 Å². The Labute approximate surface area is 96.0 Å². The number of likely N-dealkylation sites (tertiary alicyclic amines) is 1. The minimum atomic E-state index is -0.401. The fraction of sp³-hybridized carbons (Fsp3) is 0.462. The molecule has 0 spiro atoms. The minimum Gasteiger partial charge on any atom is -0.444 e. The van der Waals surface area contributed by atoms with Crippen molar-refractivity contribution in [2.24, 2.45) is 0 Å². The molecule has 1 aliphatic heterocycles.